The van der Waals surface area contributed by atoms with Gasteiger partial charge in [0.25, 0.3) is 0 Å². The van der Waals surface area contributed by atoms with Gasteiger partial charge in [-0.2, -0.15) is 0 Å². The van der Waals surface area contributed by atoms with E-state index in [0.29, 0.717) is 11.1 Å². The smallest absolute Gasteiger partial charge is 0.248 e. The van der Waals surface area contributed by atoms with Crippen molar-refractivity contribution in [2.24, 2.45) is 5.73 Å². The molecule has 0 aliphatic carbocycles. The van der Waals surface area contributed by atoms with Crippen LogP contribution in [0.2, 0.25) is 0 Å². The van der Waals surface area contributed by atoms with E-state index in [1.165, 1.54) is 12.1 Å². The molecule has 0 spiro atoms. The maximum Gasteiger partial charge on any atom is 0.248 e. The lowest BCUT2D eigenvalue weighted by Crippen LogP contribution is -2.11. The zero-order valence-corrected chi connectivity index (χ0v) is 10.9. The van der Waals surface area contributed by atoms with Crippen LogP contribution in [-0.4, -0.2) is 5.91 Å². The minimum absolute atomic E-state index is 0.278. The Morgan fingerprint density at radius 3 is 2.15 bits per heavy atom. The summed E-state index contributed by atoms with van der Waals surface area (Å²) in [5.41, 5.74) is 6.78. The second-order valence-corrected chi connectivity index (χ2v) is 4.51. The van der Waals surface area contributed by atoms with Crippen molar-refractivity contribution in [3.05, 3.63) is 65.2 Å². The summed E-state index contributed by atoms with van der Waals surface area (Å²) >= 11 is 0. The fourth-order valence-electron chi connectivity index (χ4n) is 1.89. The van der Waals surface area contributed by atoms with E-state index in [2.05, 4.69) is 5.32 Å². The van der Waals surface area contributed by atoms with E-state index in [1.54, 1.807) is 31.2 Å². The highest BCUT2D eigenvalue weighted by atomic mass is 19.1. The summed E-state index contributed by atoms with van der Waals surface area (Å²) < 4.78 is 26.3. The molecule has 0 heterocycles. The first-order valence-corrected chi connectivity index (χ1v) is 6.08. The number of hydrogen-bond acceptors (Lipinski definition) is 2. The normalized spacial score (nSPS) is 11.9. The number of amides is 1. The number of hydrogen-bond donors (Lipinski definition) is 2. The van der Waals surface area contributed by atoms with E-state index in [0.717, 1.165) is 11.8 Å². The van der Waals surface area contributed by atoms with Crippen LogP contribution < -0.4 is 11.1 Å². The Labute approximate surface area is 115 Å². The van der Waals surface area contributed by atoms with E-state index >= 15 is 0 Å². The molecule has 1 atom stereocenters. The van der Waals surface area contributed by atoms with Crippen LogP contribution in [0.15, 0.2) is 42.5 Å². The molecule has 0 saturated heterocycles. The monoisotopic (exact) mass is 276 g/mol. The van der Waals surface area contributed by atoms with Crippen LogP contribution in [-0.2, 0) is 0 Å². The van der Waals surface area contributed by atoms with Crippen LogP contribution in [0.25, 0.3) is 0 Å². The number of carbonyl (C=O) groups excluding carboxylic acids is 1. The predicted octanol–water partition coefficient (Wildman–Crippen LogP) is 3.24. The molecule has 3 nitrogen and oxygen atoms in total. The zero-order valence-electron chi connectivity index (χ0n) is 10.9. The molecule has 1 amide bonds. The minimum atomic E-state index is -0.613. The number of anilines is 1. The van der Waals surface area contributed by atoms with Gasteiger partial charge in [-0.15, -0.1) is 0 Å². The molecule has 0 aliphatic heterocycles. The van der Waals surface area contributed by atoms with E-state index < -0.39 is 17.5 Å². The van der Waals surface area contributed by atoms with Crippen molar-refractivity contribution in [2.45, 2.75) is 13.0 Å². The third kappa shape index (κ3) is 3.32. The molecule has 2 aromatic carbocycles. The average Bonchev–Trinajstić information content (AvgIpc) is 2.38. The molecule has 0 radical (unpaired) electrons. The highest BCUT2D eigenvalue weighted by Gasteiger charge is 2.09. The Hall–Kier alpha value is -2.43. The standard InChI is InChI=1S/C15H14F2N2O/c1-9(11-6-12(16)8-13(17)7-11)19-14-4-2-10(3-5-14)15(18)20/h2-9,19H,1H3,(H2,18,20). The second kappa shape index (κ2) is 5.69. The summed E-state index contributed by atoms with van der Waals surface area (Å²) in [6.07, 6.45) is 0. The predicted molar refractivity (Wildman–Crippen MR) is 73.4 cm³/mol. The number of carbonyl (C=O) groups is 1. The van der Waals surface area contributed by atoms with Crippen LogP contribution in [0, 0.1) is 11.6 Å². The Bertz CT molecular complexity index is 606. The van der Waals surface area contributed by atoms with Gasteiger partial charge in [-0.3, -0.25) is 4.79 Å². The summed E-state index contributed by atoms with van der Waals surface area (Å²) in [6, 6.07) is 9.65. The number of benzene rings is 2. The fourth-order valence-corrected chi connectivity index (χ4v) is 1.89. The van der Waals surface area contributed by atoms with Crippen LogP contribution >= 0.6 is 0 Å². The fraction of sp³-hybridized carbons (Fsp3) is 0.133. The largest absolute Gasteiger partial charge is 0.379 e. The molecular formula is C15H14F2N2O. The summed E-state index contributed by atoms with van der Waals surface area (Å²) in [7, 11) is 0. The van der Waals surface area contributed by atoms with Gasteiger partial charge in [-0.05, 0) is 48.9 Å². The molecule has 0 saturated carbocycles. The maximum absolute atomic E-state index is 13.1. The SMILES string of the molecule is CC(Nc1ccc(C(N)=O)cc1)c1cc(F)cc(F)c1. The van der Waals surface area contributed by atoms with Gasteiger partial charge in [0.2, 0.25) is 5.91 Å². The number of halogens is 2. The van der Waals surface area contributed by atoms with Gasteiger partial charge >= 0.3 is 0 Å². The number of nitrogens with two attached hydrogens (primary N) is 1. The van der Waals surface area contributed by atoms with Crippen LogP contribution in [0.5, 0.6) is 0 Å². The van der Waals surface area contributed by atoms with E-state index in [4.69, 9.17) is 5.73 Å². The highest BCUT2D eigenvalue weighted by Crippen LogP contribution is 2.21. The van der Waals surface area contributed by atoms with Crippen molar-refractivity contribution in [1.29, 1.82) is 0 Å². The minimum Gasteiger partial charge on any atom is -0.379 e. The molecule has 104 valence electrons. The molecular weight excluding hydrogens is 262 g/mol. The van der Waals surface area contributed by atoms with Crippen LogP contribution in [0.1, 0.15) is 28.9 Å². The van der Waals surface area contributed by atoms with Crippen molar-refractivity contribution < 1.29 is 13.6 Å². The molecule has 2 aromatic rings. The molecule has 3 N–H and O–H groups in total. The van der Waals surface area contributed by atoms with Crippen molar-refractivity contribution in [2.75, 3.05) is 5.32 Å². The van der Waals surface area contributed by atoms with Crippen LogP contribution in [0.3, 0.4) is 0 Å². The molecule has 1 unspecified atom stereocenters. The Balaban J connectivity index is 2.14. The summed E-state index contributed by atoms with van der Waals surface area (Å²) in [5.74, 6) is -1.73. The highest BCUT2D eigenvalue weighted by molar-refractivity contribution is 5.93. The Morgan fingerprint density at radius 2 is 1.65 bits per heavy atom. The average molecular weight is 276 g/mol. The van der Waals surface area contributed by atoms with Gasteiger partial charge in [0, 0.05) is 23.4 Å². The third-order valence-corrected chi connectivity index (χ3v) is 2.94. The number of rotatable bonds is 4. The first-order chi connectivity index (χ1) is 9.45. The third-order valence-electron chi connectivity index (χ3n) is 2.94. The lowest BCUT2D eigenvalue weighted by atomic mass is 10.1. The molecule has 5 heteroatoms. The molecule has 2 rings (SSSR count). The van der Waals surface area contributed by atoms with Crippen molar-refractivity contribution in [3.8, 4) is 0 Å². The lowest BCUT2D eigenvalue weighted by Gasteiger charge is -2.16. The second-order valence-electron chi connectivity index (χ2n) is 4.51. The topological polar surface area (TPSA) is 55.1 Å². The van der Waals surface area contributed by atoms with E-state index in [1.807, 2.05) is 0 Å². The summed E-state index contributed by atoms with van der Waals surface area (Å²) in [6.45, 7) is 1.79. The maximum atomic E-state index is 13.1. The van der Waals surface area contributed by atoms with Gasteiger partial charge in [0.15, 0.2) is 0 Å². The quantitative estimate of drug-likeness (QED) is 0.900. The Kier molecular flexibility index (Phi) is 3.98. The molecule has 0 aliphatic rings. The van der Waals surface area contributed by atoms with E-state index in [9.17, 15) is 13.6 Å². The molecule has 0 bridgehead atoms. The van der Waals surface area contributed by atoms with E-state index in [-0.39, 0.29) is 6.04 Å². The number of nitrogens with one attached hydrogen (secondary N) is 1. The Morgan fingerprint density at radius 1 is 1.10 bits per heavy atom. The summed E-state index contributed by atoms with van der Waals surface area (Å²) in [5, 5.41) is 3.09. The van der Waals surface area contributed by atoms with Crippen molar-refractivity contribution >= 4 is 11.6 Å². The zero-order chi connectivity index (χ0) is 14.7. The van der Waals surface area contributed by atoms with Gasteiger partial charge < -0.3 is 11.1 Å². The molecule has 0 aromatic heterocycles. The van der Waals surface area contributed by atoms with Gasteiger partial charge in [-0.25, -0.2) is 8.78 Å². The first-order valence-electron chi connectivity index (χ1n) is 6.08. The van der Waals surface area contributed by atoms with Crippen LogP contribution in [0.4, 0.5) is 14.5 Å². The van der Waals surface area contributed by atoms with Gasteiger partial charge in [0.1, 0.15) is 11.6 Å². The van der Waals surface area contributed by atoms with Crippen molar-refractivity contribution in [1.82, 2.24) is 0 Å². The molecule has 0 fully saturated rings. The summed E-state index contributed by atoms with van der Waals surface area (Å²) in [4.78, 5) is 10.9. The first kappa shape index (κ1) is 14.0. The van der Waals surface area contributed by atoms with Crippen molar-refractivity contribution in [3.63, 3.8) is 0 Å². The lowest BCUT2D eigenvalue weighted by molar-refractivity contribution is 0.100. The number of primary amides is 1. The molecule has 20 heavy (non-hydrogen) atoms. The van der Waals surface area contributed by atoms with Gasteiger partial charge in [0.05, 0.1) is 0 Å². The van der Waals surface area contributed by atoms with Gasteiger partial charge in [-0.1, -0.05) is 0 Å².